The van der Waals surface area contributed by atoms with Crippen LogP contribution in [0.25, 0.3) is 0 Å². The highest BCUT2D eigenvalue weighted by Crippen LogP contribution is 2.29. The number of halogens is 2. The van der Waals surface area contributed by atoms with Gasteiger partial charge in [-0.15, -0.1) is 0 Å². The van der Waals surface area contributed by atoms with Crippen molar-refractivity contribution in [1.29, 1.82) is 5.26 Å². The molecule has 0 saturated heterocycles. The zero-order valence-electron chi connectivity index (χ0n) is 8.34. The fourth-order valence-electron chi connectivity index (χ4n) is 1.41. The molecular formula is C11H11ClFNS. The molecule has 1 unspecified atom stereocenters. The number of benzene rings is 1. The minimum absolute atomic E-state index is 0.0412. The highest BCUT2D eigenvalue weighted by atomic mass is 35.5. The van der Waals surface area contributed by atoms with Crippen molar-refractivity contribution in [2.75, 3.05) is 5.75 Å². The normalized spacial score (nSPS) is 12.1. The van der Waals surface area contributed by atoms with Gasteiger partial charge in [0, 0.05) is 16.3 Å². The van der Waals surface area contributed by atoms with Crippen LogP contribution in [-0.4, -0.2) is 5.75 Å². The molecule has 0 spiro atoms. The van der Waals surface area contributed by atoms with E-state index >= 15 is 0 Å². The Hall–Kier alpha value is -0.720. The second kappa shape index (κ2) is 5.99. The van der Waals surface area contributed by atoms with E-state index in [9.17, 15) is 4.39 Å². The van der Waals surface area contributed by atoms with Crippen molar-refractivity contribution < 1.29 is 4.39 Å². The Kier molecular flexibility index (Phi) is 4.93. The van der Waals surface area contributed by atoms with Crippen molar-refractivity contribution in [3.05, 3.63) is 34.6 Å². The molecule has 80 valence electrons. The number of hydrogen-bond acceptors (Lipinski definition) is 2. The standard InChI is InChI=1S/C11H11ClFNS/c1-8(5-6-15-7-14)11-9(12)3-2-4-10(11)13/h2-4,8H,5-6H2,1H3. The Morgan fingerprint density at radius 3 is 2.93 bits per heavy atom. The number of hydrogen-bond donors (Lipinski definition) is 0. The molecule has 4 heteroatoms. The van der Waals surface area contributed by atoms with Gasteiger partial charge >= 0.3 is 0 Å². The van der Waals surface area contributed by atoms with Gasteiger partial charge in [-0.1, -0.05) is 24.6 Å². The van der Waals surface area contributed by atoms with Crippen LogP contribution in [0.3, 0.4) is 0 Å². The highest BCUT2D eigenvalue weighted by Gasteiger charge is 2.14. The van der Waals surface area contributed by atoms with Crippen molar-refractivity contribution in [2.24, 2.45) is 0 Å². The van der Waals surface area contributed by atoms with E-state index in [1.807, 2.05) is 12.3 Å². The van der Waals surface area contributed by atoms with Gasteiger partial charge in [0.1, 0.15) is 11.2 Å². The van der Waals surface area contributed by atoms with E-state index in [1.165, 1.54) is 17.8 Å². The van der Waals surface area contributed by atoms with Gasteiger partial charge < -0.3 is 0 Å². The maximum Gasteiger partial charge on any atom is 0.133 e. The second-order valence-corrected chi connectivity index (χ2v) is 4.55. The summed E-state index contributed by atoms with van der Waals surface area (Å²) >= 11 is 7.11. The van der Waals surface area contributed by atoms with E-state index in [2.05, 4.69) is 0 Å². The SMILES string of the molecule is CC(CCSC#N)c1c(F)cccc1Cl. The molecule has 1 nitrogen and oxygen atoms in total. The van der Waals surface area contributed by atoms with Crippen LogP contribution in [0, 0.1) is 16.5 Å². The molecule has 0 bridgehead atoms. The molecule has 0 aliphatic rings. The largest absolute Gasteiger partial charge is 0.207 e. The molecule has 1 atom stereocenters. The number of rotatable bonds is 4. The summed E-state index contributed by atoms with van der Waals surface area (Å²) in [5.74, 6) is 0.471. The van der Waals surface area contributed by atoms with Gasteiger partial charge in [-0.25, -0.2) is 4.39 Å². The first-order valence-corrected chi connectivity index (χ1v) is 5.98. The molecule has 0 saturated carbocycles. The van der Waals surface area contributed by atoms with Crippen LogP contribution in [0.1, 0.15) is 24.8 Å². The third-order valence-corrected chi connectivity index (χ3v) is 3.11. The van der Waals surface area contributed by atoms with Crippen LogP contribution in [0.2, 0.25) is 5.02 Å². The molecule has 1 aromatic rings. The summed E-state index contributed by atoms with van der Waals surface area (Å²) in [6.07, 6.45) is 0.749. The van der Waals surface area contributed by atoms with Crippen molar-refractivity contribution in [3.63, 3.8) is 0 Å². The Morgan fingerprint density at radius 2 is 2.33 bits per heavy atom. The summed E-state index contributed by atoms with van der Waals surface area (Å²) in [5, 5.41) is 10.8. The number of thiocyanates is 1. The predicted molar refractivity (Wildman–Crippen MR) is 62.5 cm³/mol. The average molecular weight is 244 g/mol. The molecule has 0 radical (unpaired) electrons. The van der Waals surface area contributed by atoms with E-state index in [0.717, 1.165) is 6.42 Å². The van der Waals surface area contributed by atoms with E-state index in [0.29, 0.717) is 16.3 Å². The minimum Gasteiger partial charge on any atom is -0.207 e. The first kappa shape index (κ1) is 12.4. The summed E-state index contributed by atoms with van der Waals surface area (Å²) in [7, 11) is 0. The lowest BCUT2D eigenvalue weighted by Gasteiger charge is -2.13. The second-order valence-electron chi connectivity index (χ2n) is 3.26. The van der Waals surface area contributed by atoms with Crippen LogP contribution < -0.4 is 0 Å². The molecule has 0 aliphatic heterocycles. The molecule has 15 heavy (non-hydrogen) atoms. The summed E-state index contributed by atoms with van der Waals surface area (Å²) in [6.45, 7) is 1.92. The Labute approximate surface area is 98.2 Å². The van der Waals surface area contributed by atoms with Gasteiger partial charge in [0.25, 0.3) is 0 Å². The Bertz CT molecular complexity index is 355. The van der Waals surface area contributed by atoms with Crippen molar-refractivity contribution in [3.8, 4) is 5.40 Å². The lowest BCUT2D eigenvalue weighted by Crippen LogP contribution is -1.99. The van der Waals surface area contributed by atoms with Gasteiger partial charge in [-0.3, -0.25) is 0 Å². The summed E-state index contributed by atoms with van der Waals surface area (Å²) in [5.41, 5.74) is 0.553. The molecule has 1 aromatic carbocycles. The van der Waals surface area contributed by atoms with Crippen LogP contribution in [0.5, 0.6) is 0 Å². The van der Waals surface area contributed by atoms with Crippen LogP contribution in [0.15, 0.2) is 18.2 Å². The van der Waals surface area contributed by atoms with E-state index in [-0.39, 0.29) is 11.7 Å². The lowest BCUT2D eigenvalue weighted by atomic mass is 9.98. The molecule has 0 aromatic heterocycles. The molecular weight excluding hydrogens is 233 g/mol. The monoisotopic (exact) mass is 243 g/mol. The van der Waals surface area contributed by atoms with Crippen LogP contribution in [-0.2, 0) is 0 Å². The first-order chi connectivity index (χ1) is 7.16. The number of thioether (sulfide) groups is 1. The number of nitriles is 1. The molecule has 1 rings (SSSR count). The predicted octanol–water partition coefficient (Wildman–Crippen LogP) is 4.19. The lowest BCUT2D eigenvalue weighted by molar-refractivity contribution is 0.585. The van der Waals surface area contributed by atoms with Crippen LogP contribution in [0.4, 0.5) is 4.39 Å². The maximum atomic E-state index is 13.5. The third-order valence-electron chi connectivity index (χ3n) is 2.21. The summed E-state index contributed by atoms with van der Waals surface area (Å²) in [6, 6.07) is 4.70. The zero-order chi connectivity index (χ0) is 11.3. The summed E-state index contributed by atoms with van der Waals surface area (Å²) < 4.78 is 13.5. The van der Waals surface area contributed by atoms with Gasteiger partial charge in [-0.2, -0.15) is 5.26 Å². The smallest absolute Gasteiger partial charge is 0.133 e. The average Bonchev–Trinajstić information content (AvgIpc) is 2.18. The molecule has 0 heterocycles. The van der Waals surface area contributed by atoms with Gasteiger partial charge in [0.2, 0.25) is 0 Å². The van der Waals surface area contributed by atoms with E-state index in [4.69, 9.17) is 16.9 Å². The highest BCUT2D eigenvalue weighted by molar-refractivity contribution is 8.03. The van der Waals surface area contributed by atoms with Gasteiger partial charge in [-0.05, 0) is 36.2 Å². The van der Waals surface area contributed by atoms with Gasteiger partial charge in [0.15, 0.2) is 0 Å². The minimum atomic E-state index is -0.267. The Morgan fingerprint density at radius 1 is 1.60 bits per heavy atom. The fraction of sp³-hybridized carbons (Fsp3) is 0.364. The topological polar surface area (TPSA) is 23.8 Å². The van der Waals surface area contributed by atoms with Crippen molar-refractivity contribution >= 4 is 23.4 Å². The van der Waals surface area contributed by atoms with Crippen LogP contribution >= 0.6 is 23.4 Å². The fourth-order valence-corrected chi connectivity index (χ4v) is 2.32. The zero-order valence-corrected chi connectivity index (χ0v) is 9.91. The Balaban J connectivity index is 2.73. The molecule has 0 aliphatic carbocycles. The van der Waals surface area contributed by atoms with E-state index in [1.54, 1.807) is 12.1 Å². The molecule has 0 N–H and O–H groups in total. The van der Waals surface area contributed by atoms with E-state index < -0.39 is 0 Å². The summed E-state index contributed by atoms with van der Waals surface area (Å²) in [4.78, 5) is 0. The van der Waals surface area contributed by atoms with Crippen molar-refractivity contribution in [2.45, 2.75) is 19.3 Å². The molecule has 0 amide bonds. The maximum absolute atomic E-state index is 13.5. The first-order valence-electron chi connectivity index (χ1n) is 4.61. The number of nitrogens with zero attached hydrogens (tertiary/aromatic N) is 1. The quantitative estimate of drug-likeness (QED) is 0.585. The molecule has 0 fully saturated rings. The van der Waals surface area contributed by atoms with Gasteiger partial charge in [0.05, 0.1) is 0 Å². The van der Waals surface area contributed by atoms with Crippen molar-refractivity contribution in [1.82, 2.24) is 0 Å². The third kappa shape index (κ3) is 3.40.